The van der Waals surface area contributed by atoms with E-state index in [-0.39, 0.29) is 23.6 Å². The van der Waals surface area contributed by atoms with Crippen molar-refractivity contribution in [2.75, 3.05) is 18.0 Å². The van der Waals surface area contributed by atoms with Gasteiger partial charge in [0.2, 0.25) is 0 Å². The number of aromatic nitrogens is 2. The van der Waals surface area contributed by atoms with Gasteiger partial charge in [0.25, 0.3) is 5.56 Å². The molecule has 0 atom stereocenters. The average molecular weight is 390 g/mol. The van der Waals surface area contributed by atoms with Gasteiger partial charge >= 0.3 is 6.18 Å². The zero-order chi connectivity index (χ0) is 20.3. The summed E-state index contributed by atoms with van der Waals surface area (Å²) >= 11 is 0. The van der Waals surface area contributed by atoms with Crippen LogP contribution in [-0.2, 0) is 25.8 Å². The fourth-order valence-electron chi connectivity index (χ4n) is 3.55. The molecule has 0 aliphatic carbocycles. The van der Waals surface area contributed by atoms with Crippen LogP contribution in [0.4, 0.5) is 19.0 Å². The molecule has 0 saturated carbocycles. The number of hydrogen-bond donors (Lipinski definition) is 0. The summed E-state index contributed by atoms with van der Waals surface area (Å²) in [5.74, 6) is 0.266. The fraction of sp³-hybridized carbons (Fsp3) is 0.450. The summed E-state index contributed by atoms with van der Waals surface area (Å²) in [6.07, 6.45) is -2.35. The Hall–Kier alpha value is -2.82. The van der Waals surface area contributed by atoms with Crippen molar-refractivity contribution in [2.45, 2.75) is 45.3 Å². The quantitative estimate of drug-likeness (QED) is 0.804. The van der Waals surface area contributed by atoms with Gasteiger partial charge in [-0.3, -0.25) is 9.36 Å². The molecule has 2 aromatic rings. The maximum atomic E-state index is 13.0. The van der Waals surface area contributed by atoms with Gasteiger partial charge in [0.15, 0.2) is 11.4 Å². The lowest BCUT2D eigenvalue weighted by molar-refractivity contribution is -0.141. The third kappa shape index (κ3) is 4.19. The zero-order valence-electron chi connectivity index (χ0n) is 15.6. The lowest BCUT2D eigenvalue weighted by atomic mass is 10.0. The Morgan fingerprint density at radius 3 is 2.29 bits per heavy atom. The first-order chi connectivity index (χ1) is 13.3. The van der Waals surface area contributed by atoms with E-state index in [4.69, 9.17) is 0 Å². The molecule has 8 heteroatoms. The highest BCUT2D eigenvalue weighted by atomic mass is 19.4. The van der Waals surface area contributed by atoms with Gasteiger partial charge in [-0.1, -0.05) is 31.2 Å². The van der Waals surface area contributed by atoms with Crippen LogP contribution in [0, 0.1) is 11.3 Å². The number of hydrogen-bond acceptors (Lipinski definition) is 4. The van der Waals surface area contributed by atoms with E-state index >= 15 is 0 Å². The van der Waals surface area contributed by atoms with Crippen molar-refractivity contribution in [3.63, 3.8) is 0 Å². The molecule has 0 spiro atoms. The molecule has 0 radical (unpaired) electrons. The molecule has 148 valence electrons. The summed E-state index contributed by atoms with van der Waals surface area (Å²) in [6, 6.07) is 9.81. The van der Waals surface area contributed by atoms with Crippen molar-refractivity contribution in [2.24, 2.45) is 0 Å². The molecule has 3 rings (SSSR count). The number of anilines is 1. The van der Waals surface area contributed by atoms with E-state index in [2.05, 4.69) is 4.98 Å². The average Bonchev–Trinajstić information content (AvgIpc) is 2.86. The number of halogens is 3. The molecule has 5 nitrogen and oxygen atoms in total. The van der Waals surface area contributed by atoms with E-state index in [9.17, 15) is 23.2 Å². The van der Waals surface area contributed by atoms with Crippen molar-refractivity contribution >= 4 is 5.82 Å². The normalized spacial score (nSPS) is 14.3. The van der Waals surface area contributed by atoms with Crippen molar-refractivity contribution in [1.29, 1.82) is 5.26 Å². The molecule has 0 N–H and O–H groups in total. The first kappa shape index (κ1) is 19.9. The van der Waals surface area contributed by atoms with Crippen LogP contribution in [-0.4, -0.2) is 28.8 Å². The van der Waals surface area contributed by atoms with E-state index in [0.29, 0.717) is 24.1 Å². The van der Waals surface area contributed by atoms with Crippen molar-refractivity contribution in [1.82, 2.24) is 9.55 Å². The lowest BCUT2D eigenvalue weighted by Crippen LogP contribution is -2.37. The van der Waals surface area contributed by atoms with Crippen molar-refractivity contribution < 1.29 is 13.2 Å². The predicted octanol–water partition coefficient (Wildman–Crippen LogP) is 3.23. The number of alkyl halides is 3. The largest absolute Gasteiger partial charge is 0.406 e. The highest BCUT2D eigenvalue weighted by Crippen LogP contribution is 2.23. The van der Waals surface area contributed by atoms with Crippen LogP contribution in [0.1, 0.15) is 35.9 Å². The van der Waals surface area contributed by atoms with Gasteiger partial charge in [-0.2, -0.15) is 18.4 Å². The SMILES string of the molecule is CCCc1nc(N2CCc3ccccc3CC2)c(C#N)c(=O)n1CC(F)(F)F. The summed E-state index contributed by atoms with van der Waals surface area (Å²) in [7, 11) is 0. The number of fused-ring (bicyclic) bond motifs is 1. The molecule has 0 unspecified atom stereocenters. The lowest BCUT2D eigenvalue weighted by Gasteiger charge is -2.24. The third-order valence-corrected chi connectivity index (χ3v) is 4.87. The second-order valence-electron chi connectivity index (χ2n) is 6.85. The second kappa shape index (κ2) is 8.05. The smallest absolute Gasteiger partial charge is 0.355 e. The van der Waals surface area contributed by atoms with Crippen LogP contribution >= 0.6 is 0 Å². The van der Waals surface area contributed by atoms with Crippen LogP contribution in [0.5, 0.6) is 0 Å². The number of nitriles is 1. The Labute approximate surface area is 161 Å². The summed E-state index contributed by atoms with van der Waals surface area (Å²) in [6.45, 7) is 1.47. The van der Waals surface area contributed by atoms with Gasteiger partial charge in [0.05, 0.1) is 0 Å². The molecule has 1 aromatic heterocycles. The predicted molar refractivity (Wildman–Crippen MR) is 99.3 cm³/mol. The Morgan fingerprint density at radius 1 is 1.18 bits per heavy atom. The minimum Gasteiger partial charge on any atom is -0.355 e. The van der Waals surface area contributed by atoms with Gasteiger partial charge in [-0.05, 0) is 30.4 Å². The molecular formula is C20H21F3N4O. The molecular weight excluding hydrogens is 369 g/mol. The minimum atomic E-state index is -4.56. The highest BCUT2D eigenvalue weighted by molar-refractivity contribution is 5.54. The highest BCUT2D eigenvalue weighted by Gasteiger charge is 2.32. The van der Waals surface area contributed by atoms with Gasteiger partial charge in [-0.25, -0.2) is 4.98 Å². The van der Waals surface area contributed by atoms with Gasteiger partial charge in [0.1, 0.15) is 18.4 Å². The van der Waals surface area contributed by atoms with Crippen molar-refractivity contribution in [3.8, 4) is 6.07 Å². The van der Waals surface area contributed by atoms with Crippen LogP contribution in [0.15, 0.2) is 29.1 Å². The van der Waals surface area contributed by atoms with E-state index in [1.54, 1.807) is 6.07 Å². The van der Waals surface area contributed by atoms with Gasteiger partial charge in [-0.15, -0.1) is 0 Å². The summed E-state index contributed by atoms with van der Waals surface area (Å²) in [4.78, 5) is 18.9. The number of nitrogens with zero attached hydrogens (tertiary/aromatic N) is 4. The molecule has 0 amide bonds. The fourth-order valence-corrected chi connectivity index (χ4v) is 3.55. The molecule has 1 aromatic carbocycles. The first-order valence-corrected chi connectivity index (χ1v) is 9.26. The van der Waals surface area contributed by atoms with Crippen molar-refractivity contribution in [3.05, 3.63) is 57.1 Å². The summed E-state index contributed by atoms with van der Waals surface area (Å²) < 4.78 is 39.5. The maximum Gasteiger partial charge on any atom is 0.406 e. The Morgan fingerprint density at radius 2 is 1.79 bits per heavy atom. The van der Waals surface area contributed by atoms with Gasteiger partial charge < -0.3 is 4.90 Å². The Balaban J connectivity index is 2.04. The second-order valence-corrected chi connectivity index (χ2v) is 6.85. The zero-order valence-corrected chi connectivity index (χ0v) is 15.6. The van der Waals surface area contributed by atoms with E-state index < -0.39 is 18.3 Å². The van der Waals surface area contributed by atoms with Crippen LogP contribution in [0.25, 0.3) is 0 Å². The van der Waals surface area contributed by atoms with Gasteiger partial charge in [0, 0.05) is 19.5 Å². The topological polar surface area (TPSA) is 61.9 Å². The molecule has 0 bridgehead atoms. The number of aryl methyl sites for hydroxylation is 1. The molecule has 0 saturated heterocycles. The molecule has 2 heterocycles. The maximum absolute atomic E-state index is 13.0. The number of benzene rings is 1. The van der Waals surface area contributed by atoms with E-state index in [0.717, 1.165) is 12.8 Å². The minimum absolute atomic E-state index is 0.0700. The molecule has 0 fully saturated rings. The Bertz CT molecular complexity index is 932. The third-order valence-electron chi connectivity index (χ3n) is 4.87. The molecule has 1 aliphatic rings. The Kier molecular flexibility index (Phi) is 5.73. The molecule has 28 heavy (non-hydrogen) atoms. The standard InChI is InChI=1S/C20H21F3N4O/c1-2-5-17-25-18(16(12-24)19(28)27(17)13-20(21,22)23)26-10-8-14-6-3-4-7-15(14)9-11-26/h3-4,6-7H,2,5,8-11,13H2,1H3. The van der Waals surface area contributed by atoms with Crippen LogP contribution in [0.3, 0.4) is 0 Å². The summed E-state index contributed by atoms with van der Waals surface area (Å²) in [5.41, 5.74) is 1.15. The number of rotatable bonds is 4. The monoisotopic (exact) mass is 390 g/mol. The van der Waals surface area contributed by atoms with Crippen LogP contribution < -0.4 is 10.5 Å². The van der Waals surface area contributed by atoms with E-state index in [1.807, 2.05) is 36.1 Å². The first-order valence-electron chi connectivity index (χ1n) is 9.26. The van der Waals surface area contributed by atoms with Crippen LogP contribution in [0.2, 0.25) is 0 Å². The summed E-state index contributed by atoms with van der Waals surface area (Å²) in [5, 5.41) is 9.51. The molecule has 1 aliphatic heterocycles. The van der Waals surface area contributed by atoms with E-state index in [1.165, 1.54) is 11.1 Å².